The molecule has 2 aromatic rings. The molecule has 0 aromatic heterocycles. The van der Waals surface area contributed by atoms with Crippen molar-refractivity contribution >= 4 is 11.6 Å². The molecule has 2 rings (SSSR count). The van der Waals surface area contributed by atoms with Crippen LogP contribution in [0.4, 0.5) is 4.39 Å². The van der Waals surface area contributed by atoms with Crippen LogP contribution >= 0.6 is 11.6 Å². The normalized spacial score (nSPS) is 10.0. The summed E-state index contributed by atoms with van der Waals surface area (Å²) in [5.41, 5.74) is 7.25. The Morgan fingerprint density at radius 2 is 1.86 bits per heavy atom. The zero-order valence-electron chi connectivity index (χ0n) is 11.4. The van der Waals surface area contributed by atoms with Crippen molar-refractivity contribution in [3.05, 3.63) is 70.0 Å². The molecule has 0 amide bonds. The van der Waals surface area contributed by atoms with Crippen LogP contribution in [0.2, 0.25) is 5.02 Å². The van der Waals surface area contributed by atoms with Crippen LogP contribution in [0, 0.1) is 17.7 Å². The summed E-state index contributed by atoms with van der Waals surface area (Å²) in [5, 5.41) is 0.644. The number of rotatable bonds is 4. The number of nitrogens with two attached hydrogens (primary N) is 1. The van der Waals surface area contributed by atoms with Crippen molar-refractivity contribution in [3.8, 4) is 11.8 Å². The minimum atomic E-state index is -0.335. The lowest BCUT2D eigenvalue weighted by atomic mass is 10.1. The Morgan fingerprint density at radius 1 is 1.10 bits per heavy atom. The maximum atomic E-state index is 13.9. The van der Waals surface area contributed by atoms with Gasteiger partial charge in [0.05, 0.1) is 19.8 Å². The molecule has 108 valence electrons. The third-order valence-corrected chi connectivity index (χ3v) is 3.23. The fraction of sp³-hybridized carbons (Fsp3) is 0.176. The Labute approximate surface area is 128 Å². The Balaban J connectivity index is 1.96. The summed E-state index contributed by atoms with van der Waals surface area (Å²) in [4.78, 5) is 0. The fourth-order valence-electron chi connectivity index (χ4n) is 1.78. The van der Waals surface area contributed by atoms with E-state index in [0.29, 0.717) is 22.8 Å². The number of hydrogen-bond donors (Lipinski definition) is 1. The third kappa shape index (κ3) is 4.57. The molecular formula is C17H15ClFNO. The molecule has 4 heteroatoms. The van der Waals surface area contributed by atoms with Gasteiger partial charge in [-0.2, -0.15) is 0 Å². The summed E-state index contributed by atoms with van der Waals surface area (Å²) in [6.07, 6.45) is 0. The molecule has 0 radical (unpaired) electrons. The van der Waals surface area contributed by atoms with Crippen LogP contribution in [-0.4, -0.2) is 6.54 Å². The highest BCUT2D eigenvalue weighted by atomic mass is 35.5. The second-order valence-corrected chi connectivity index (χ2v) is 4.80. The molecule has 2 aromatic carbocycles. The topological polar surface area (TPSA) is 35.2 Å². The number of hydrogen-bond acceptors (Lipinski definition) is 2. The molecule has 0 spiro atoms. The SMILES string of the molecule is NCC#Cc1ccc(COCc2ccccc2Cl)c(F)c1. The summed E-state index contributed by atoms with van der Waals surface area (Å²) in [6.45, 7) is 0.778. The zero-order valence-corrected chi connectivity index (χ0v) is 12.2. The van der Waals surface area contributed by atoms with E-state index in [1.165, 1.54) is 6.07 Å². The van der Waals surface area contributed by atoms with Crippen molar-refractivity contribution in [3.63, 3.8) is 0 Å². The summed E-state index contributed by atoms with van der Waals surface area (Å²) in [6, 6.07) is 12.2. The van der Waals surface area contributed by atoms with Gasteiger partial charge in [0.15, 0.2) is 0 Å². The lowest BCUT2D eigenvalue weighted by Gasteiger charge is -2.07. The van der Waals surface area contributed by atoms with Crippen LogP contribution in [0.25, 0.3) is 0 Å². The second-order valence-electron chi connectivity index (χ2n) is 4.40. The summed E-state index contributed by atoms with van der Waals surface area (Å²) < 4.78 is 19.4. The second kappa shape index (κ2) is 7.80. The van der Waals surface area contributed by atoms with E-state index in [-0.39, 0.29) is 19.0 Å². The fourth-order valence-corrected chi connectivity index (χ4v) is 1.97. The van der Waals surface area contributed by atoms with E-state index in [1.54, 1.807) is 18.2 Å². The van der Waals surface area contributed by atoms with Gasteiger partial charge < -0.3 is 10.5 Å². The maximum absolute atomic E-state index is 13.9. The van der Waals surface area contributed by atoms with Crippen molar-refractivity contribution in [2.75, 3.05) is 6.54 Å². The van der Waals surface area contributed by atoms with Gasteiger partial charge in [0, 0.05) is 16.1 Å². The predicted molar refractivity (Wildman–Crippen MR) is 82.3 cm³/mol. The van der Waals surface area contributed by atoms with E-state index >= 15 is 0 Å². The van der Waals surface area contributed by atoms with Gasteiger partial charge in [-0.25, -0.2) is 4.39 Å². The molecule has 0 aliphatic carbocycles. The largest absolute Gasteiger partial charge is 0.372 e. The van der Waals surface area contributed by atoms with Crippen LogP contribution in [-0.2, 0) is 18.0 Å². The average molecular weight is 304 g/mol. The van der Waals surface area contributed by atoms with Crippen LogP contribution in [0.15, 0.2) is 42.5 Å². The summed E-state index contributed by atoms with van der Waals surface area (Å²) >= 11 is 6.03. The Hall–Kier alpha value is -1.86. The maximum Gasteiger partial charge on any atom is 0.129 e. The van der Waals surface area contributed by atoms with Crippen molar-refractivity contribution in [1.82, 2.24) is 0 Å². The van der Waals surface area contributed by atoms with Crippen LogP contribution < -0.4 is 5.73 Å². The molecule has 0 unspecified atom stereocenters. The zero-order chi connectivity index (χ0) is 15.1. The minimum absolute atomic E-state index is 0.182. The molecule has 0 fully saturated rings. The Morgan fingerprint density at radius 3 is 2.57 bits per heavy atom. The first-order chi connectivity index (χ1) is 10.2. The van der Waals surface area contributed by atoms with Crippen LogP contribution in [0.3, 0.4) is 0 Å². The quantitative estimate of drug-likeness (QED) is 0.877. The highest BCUT2D eigenvalue weighted by Gasteiger charge is 2.04. The van der Waals surface area contributed by atoms with E-state index in [0.717, 1.165) is 5.56 Å². The average Bonchev–Trinajstić information content (AvgIpc) is 2.49. The van der Waals surface area contributed by atoms with Crippen molar-refractivity contribution in [1.29, 1.82) is 0 Å². The molecular weight excluding hydrogens is 289 g/mol. The van der Waals surface area contributed by atoms with Gasteiger partial charge >= 0.3 is 0 Å². The standard InChI is InChI=1S/C17H15ClFNO/c18-16-6-2-1-5-14(16)11-21-12-15-8-7-13(4-3-9-20)10-17(15)19/h1-2,5-8,10H,9,11-12,20H2. The number of ether oxygens (including phenoxy) is 1. The van der Waals surface area contributed by atoms with Crippen LogP contribution in [0.1, 0.15) is 16.7 Å². The van der Waals surface area contributed by atoms with Gasteiger partial charge in [0.1, 0.15) is 5.82 Å². The first-order valence-corrected chi connectivity index (χ1v) is 6.87. The summed E-state index contributed by atoms with van der Waals surface area (Å²) in [5.74, 6) is 5.14. The first kappa shape index (κ1) is 15.5. The van der Waals surface area contributed by atoms with Gasteiger partial charge in [0.2, 0.25) is 0 Å². The molecule has 21 heavy (non-hydrogen) atoms. The van der Waals surface area contributed by atoms with Crippen molar-refractivity contribution < 1.29 is 9.13 Å². The molecule has 0 saturated heterocycles. The highest BCUT2D eigenvalue weighted by molar-refractivity contribution is 6.31. The van der Waals surface area contributed by atoms with Crippen molar-refractivity contribution in [2.24, 2.45) is 5.73 Å². The lowest BCUT2D eigenvalue weighted by molar-refractivity contribution is 0.105. The predicted octanol–water partition coefficient (Wildman–Crippen LogP) is 3.51. The molecule has 0 saturated carbocycles. The molecule has 0 bridgehead atoms. The van der Waals surface area contributed by atoms with E-state index in [9.17, 15) is 4.39 Å². The van der Waals surface area contributed by atoms with E-state index in [1.807, 2.05) is 18.2 Å². The van der Waals surface area contributed by atoms with E-state index in [2.05, 4.69) is 11.8 Å². The van der Waals surface area contributed by atoms with E-state index < -0.39 is 0 Å². The summed E-state index contributed by atoms with van der Waals surface area (Å²) in [7, 11) is 0. The third-order valence-electron chi connectivity index (χ3n) is 2.86. The molecule has 0 heterocycles. The van der Waals surface area contributed by atoms with Gasteiger partial charge in [-0.3, -0.25) is 0 Å². The molecule has 0 aliphatic heterocycles. The molecule has 0 atom stereocenters. The first-order valence-electron chi connectivity index (χ1n) is 6.49. The van der Waals surface area contributed by atoms with Crippen molar-refractivity contribution in [2.45, 2.75) is 13.2 Å². The van der Waals surface area contributed by atoms with E-state index in [4.69, 9.17) is 22.1 Å². The highest BCUT2D eigenvalue weighted by Crippen LogP contribution is 2.17. The van der Waals surface area contributed by atoms with Gasteiger partial charge in [-0.15, -0.1) is 0 Å². The van der Waals surface area contributed by atoms with Gasteiger partial charge in [0.25, 0.3) is 0 Å². The molecule has 2 nitrogen and oxygen atoms in total. The molecule has 2 N–H and O–H groups in total. The smallest absolute Gasteiger partial charge is 0.129 e. The minimum Gasteiger partial charge on any atom is -0.372 e. The number of benzene rings is 2. The van der Waals surface area contributed by atoms with Gasteiger partial charge in [-0.05, 0) is 23.8 Å². The van der Waals surface area contributed by atoms with Gasteiger partial charge in [-0.1, -0.05) is 47.7 Å². The Bertz CT molecular complexity index is 676. The monoisotopic (exact) mass is 303 g/mol. The van der Waals surface area contributed by atoms with Crippen LogP contribution in [0.5, 0.6) is 0 Å². The Kier molecular flexibility index (Phi) is 5.77. The molecule has 0 aliphatic rings. The number of halogens is 2. The lowest BCUT2D eigenvalue weighted by Crippen LogP contribution is -1.98.